The number of rotatable bonds is 2. The standard InChI is InChI=1S/C14H11Br3N2O/c1-7-3-2-4-9(12(7)17)14(20)19-13-10(15)5-8(18)6-11(13)16/h2-6H,18H2,1H3,(H,19,20). The zero-order chi connectivity index (χ0) is 14.9. The molecule has 3 nitrogen and oxygen atoms in total. The average molecular weight is 463 g/mol. The van der Waals surface area contributed by atoms with Gasteiger partial charge >= 0.3 is 0 Å². The number of amides is 1. The Morgan fingerprint density at radius 3 is 2.35 bits per heavy atom. The second-order valence-corrected chi connectivity index (χ2v) is 6.75. The van der Waals surface area contributed by atoms with E-state index in [1.165, 1.54) is 0 Å². The van der Waals surface area contributed by atoms with Crippen LogP contribution in [-0.2, 0) is 0 Å². The minimum Gasteiger partial charge on any atom is -0.399 e. The van der Waals surface area contributed by atoms with E-state index >= 15 is 0 Å². The summed E-state index contributed by atoms with van der Waals surface area (Å²) in [5.74, 6) is -0.188. The number of hydrogen-bond donors (Lipinski definition) is 2. The van der Waals surface area contributed by atoms with Gasteiger partial charge in [0.25, 0.3) is 5.91 Å². The smallest absolute Gasteiger partial charge is 0.256 e. The summed E-state index contributed by atoms with van der Waals surface area (Å²) in [5, 5.41) is 2.87. The predicted molar refractivity (Wildman–Crippen MR) is 93.1 cm³/mol. The number of nitrogens with two attached hydrogens (primary N) is 1. The van der Waals surface area contributed by atoms with Crippen LogP contribution >= 0.6 is 47.8 Å². The molecule has 2 aromatic rings. The number of carbonyl (C=O) groups is 1. The van der Waals surface area contributed by atoms with E-state index in [2.05, 4.69) is 53.1 Å². The first-order chi connectivity index (χ1) is 9.40. The molecule has 0 saturated carbocycles. The molecule has 2 rings (SSSR count). The monoisotopic (exact) mass is 460 g/mol. The first kappa shape index (κ1) is 15.5. The van der Waals surface area contributed by atoms with Gasteiger partial charge in [-0.3, -0.25) is 4.79 Å². The Bertz CT molecular complexity index is 663. The molecule has 2 aromatic carbocycles. The van der Waals surface area contributed by atoms with Crippen molar-refractivity contribution in [2.75, 3.05) is 11.1 Å². The molecule has 20 heavy (non-hydrogen) atoms. The molecular formula is C14H11Br3N2O. The summed E-state index contributed by atoms with van der Waals surface area (Å²) in [6.45, 7) is 1.94. The number of halogens is 3. The highest BCUT2D eigenvalue weighted by atomic mass is 79.9. The van der Waals surface area contributed by atoms with Crippen LogP contribution in [-0.4, -0.2) is 5.91 Å². The maximum atomic E-state index is 12.4. The highest BCUT2D eigenvalue weighted by molar-refractivity contribution is 9.11. The molecule has 0 heterocycles. The summed E-state index contributed by atoms with van der Waals surface area (Å²) in [7, 11) is 0. The van der Waals surface area contributed by atoms with Crippen LogP contribution < -0.4 is 11.1 Å². The van der Waals surface area contributed by atoms with Crippen LogP contribution in [0.15, 0.2) is 43.7 Å². The Labute approximate surface area is 142 Å². The van der Waals surface area contributed by atoms with Gasteiger partial charge in [0.1, 0.15) is 0 Å². The minimum absolute atomic E-state index is 0.188. The van der Waals surface area contributed by atoms with Crippen molar-refractivity contribution in [1.82, 2.24) is 0 Å². The topological polar surface area (TPSA) is 55.1 Å². The van der Waals surface area contributed by atoms with Gasteiger partial charge in [0.15, 0.2) is 0 Å². The van der Waals surface area contributed by atoms with E-state index in [0.717, 1.165) is 19.0 Å². The van der Waals surface area contributed by atoms with Crippen molar-refractivity contribution in [3.05, 3.63) is 54.9 Å². The lowest BCUT2D eigenvalue weighted by molar-refractivity contribution is 0.102. The van der Waals surface area contributed by atoms with Crippen LogP contribution in [0.1, 0.15) is 15.9 Å². The van der Waals surface area contributed by atoms with E-state index in [4.69, 9.17) is 5.73 Å². The van der Waals surface area contributed by atoms with E-state index in [-0.39, 0.29) is 5.91 Å². The zero-order valence-corrected chi connectivity index (χ0v) is 15.3. The first-order valence-electron chi connectivity index (χ1n) is 5.71. The second kappa shape index (κ2) is 6.28. The average Bonchev–Trinajstić information content (AvgIpc) is 2.36. The fraction of sp³-hybridized carbons (Fsp3) is 0.0714. The Morgan fingerprint density at radius 2 is 1.75 bits per heavy atom. The number of benzene rings is 2. The Balaban J connectivity index is 2.36. The summed E-state index contributed by atoms with van der Waals surface area (Å²) < 4.78 is 2.24. The molecule has 0 unspecified atom stereocenters. The van der Waals surface area contributed by atoms with Gasteiger partial charge < -0.3 is 11.1 Å². The molecule has 6 heteroatoms. The number of anilines is 2. The molecule has 0 saturated heterocycles. The molecule has 0 bridgehead atoms. The number of carbonyl (C=O) groups excluding carboxylic acids is 1. The van der Waals surface area contributed by atoms with Gasteiger partial charge in [-0.1, -0.05) is 12.1 Å². The van der Waals surface area contributed by atoms with Crippen LogP contribution in [0.25, 0.3) is 0 Å². The number of nitrogens with one attached hydrogen (secondary N) is 1. The quantitative estimate of drug-likeness (QED) is 0.609. The molecular weight excluding hydrogens is 452 g/mol. The molecule has 0 aliphatic carbocycles. The van der Waals surface area contributed by atoms with Crippen molar-refractivity contribution >= 4 is 65.1 Å². The van der Waals surface area contributed by atoms with E-state index in [1.54, 1.807) is 18.2 Å². The predicted octanol–water partition coefficient (Wildman–Crippen LogP) is 5.12. The van der Waals surface area contributed by atoms with Crippen LogP contribution in [0.4, 0.5) is 11.4 Å². The van der Waals surface area contributed by atoms with E-state index in [9.17, 15) is 4.79 Å². The van der Waals surface area contributed by atoms with Crippen molar-refractivity contribution in [2.45, 2.75) is 6.92 Å². The summed E-state index contributed by atoms with van der Waals surface area (Å²) >= 11 is 10.2. The lowest BCUT2D eigenvalue weighted by atomic mass is 10.1. The first-order valence-corrected chi connectivity index (χ1v) is 8.09. The Morgan fingerprint density at radius 1 is 1.15 bits per heavy atom. The summed E-state index contributed by atoms with van der Waals surface area (Å²) in [4.78, 5) is 12.4. The van der Waals surface area contributed by atoms with Gasteiger partial charge in [-0.25, -0.2) is 0 Å². The molecule has 0 spiro atoms. The molecule has 104 valence electrons. The lowest BCUT2D eigenvalue weighted by Gasteiger charge is -2.12. The third kappa shape index (κ3) is 3.24. The SMILES string of the molecule is Cc1cccc(C(=O)Nc2c(Br)cc(N)cc2Br)c1Br. The molecule has 0 aliphatic rings. The van der Waals surface area contributed by atoms with Crippen LogP contribution in [0, 0.1) is 6.92 Å². The molecule has 0 aliphatic heterocycles. The Kier molecular flexibility index (Phi) is 4.88. The molecule has 0 radical (unpaired) electrons. The van der Waals surface area contributed by atoms with E-state index in [1.807, 2.05) is 19.1 Å². The van der Waals surface area contributed by atoms with Gasteiger partial charge in [0.05, 0.1) is 11.3 Å². The Hall–Kier alpha value is -0.850. The van der Waals surface area contributed by atoms with Crippen LogP contribution in [0.3, 0.4) is 0 Å². The maximum absolute atomic E-state index is 12.4. The molecule has 3 N–H and O–H groups in total. The third-order valence-electron chi connectivity index (χ3n) is 2.74. The zero-order valence-electron chi connectivity index (χ0n) is 10.5. The molecule has 0 atom stereocenters. The van der Waals surface area contributed by atoms with Gasteiger partial charge in [-0.05, 0) is 78.5 Å². The lowest BCUT2D eigenvalue weighted by Crippen LogP contribution is -2.14. The van der Waals surface area contributed by atoms with Crippen molar-refractivity contribution in [3.8, 4) is 0 Å². The largest absolute Gasteiger partial charge is 0.399 e. The highest BCUT2D eigenvalue weighted by Crippen LogP contribution is 2.34. The van der Waals surface area contributed by atoms with Gasteiger partial charge in [0, 0.05) is 19.1 Å². The second-order valence-electron chi connectivity index (χ2n) is 4.25. The molecule has 1 amide bonds. The number of aryl methyl sites for hydroxylation is 1. The van der Waals surface area contributed by atoms with Crippen LogP contribution in [0.2, 0.25) is 0 Å². The number of hydrogen-bond acceptors (Lipinski definition) is 2. The van der Waals surface area contributed by atoms with Gasteiger partial charge in [-0.15, -0.1) is 0 Å². The summed E-state index contributed by atoms with van der Waals surface area (Å²) in [5.41, 5.74) is 8.59. The van der Waals surface area contributed by atoms with Crippen molar-refractivity contribution in [2.24, 2.45) is 0 Å². The molecule has 0 aromatic heterocycles. The van der Waals surface area contributed by atoms with Gasteiger partial charge in [-0.2, -0.15) is 0 Å². The van der Waals surface area contributed by atoms with E-state index < -0.39 is 0 Å². The third-order valence-corrected chi connectivity index (χ3v) is 5.04. The van der Waals surface area contributed by atoms with E-state index in [0.29, 0.717) is 16.9 Å². The normalized spacial score (nSPS) is 10.4. The molecule has 0 fully saturated rings. The fourth-order valence-electron chi connectivity index (χ4n) is 1.72. The highest BCUT2D eigenvalue weighted by Gasteiger charge is 2.15. The maximum Gasteiger partial charge on any atom is 0.256 e. The summed E-state index contributed by atoms with van der Waals surface area (Å²) in [6.07, 6.45) is 0. The van der Waals surface area contributed by atoms with Crippen molar-refractivity contribution in [3.63, 3.8) is 0 Å². The van der Waals surface area contributed by atoms with Crippen molar-refractivity contribution < 1.29 is 4.79 Å². The van der Waals surface area contributed by atoms with Crippen molar-refractivity contribution in [1.29, 1.82) is 0 Å². The number of nitrogen functional groups attached to an aromatic ring is 1. The minimum atomic E-state index is -0.188. The van der Waals surface area contributed by atoms with Gasteiger partial charge in [0.2, 0.25) is 0 Å². The van der Waals surface area contributed by atoms with Crippen LogP contribution in [0.5, 0.6) is 0 Å². The summed E-state index contributed by atoms with van der Waals surface area (Å²) in [6, 6.07) is 9.04. The fourth-order valence-corrected chi connectivity index (χ4v) is 3.58.